The van der Waals surface area contributed by atoms with Crippen LogP contribution in [0.25, 0.3) is 0 Å². The Hall–Kier alpha value is -2.74. The van der Waals surface area contributed by atoms with Gasteiger partial charge in [-0.2, -0.15) is 0 Å². The molecule has 1 heterocycles. The van der Waals surface area contributed by atoms with E-state index in [-0.39, 0.29) is 18.9 Å². The van der Waals surface area contributed by atoms with E-state index in [1.54, 1.807) is 6.08 Å². The molecular formula is C22H31N5O2. The summed E-state index contributed by atoms with van der Waals surface area (Å²) in [6, 6.07) is 7.90. The molecule has 1 fully saturated rings. The zero-order chi connectivity index (χ0) is 21.1. The molecule has 0 bridgehead atoms. The smallest absolute Gasteiger partial charge is 0.224 e. The van der Waals surface area contributed by atoms with Crippen molar-refractivity contribution in [3.63, 3.8) is 0 Å². The van der Waals surface area contributed by atoms with Gasteiger partial charge in [-0.05, 0) is 47.0 Å². The fourth-order valence-electron chi connectivity index (χ4n) is 3.20. The fourth-order valence-corrected chi connectivity index (χ4v) is 3.20. The maximum absolute atomic E-state index is 12.3. The molecule has 1 aromatic rings. The van der Waals surface area contributed by atoms with Crippen molar-refractivity contribution >= 4 is 17.8 Å². The van der Waals surface area contributed by atoms with Crippen LogP contribution in [0.5, 0.6) is 0 Å². The Bertz CT molecular complexity index is 762. The van der Waals surface area contributed by atoms with Gasteiger partial charge in [-0.1, -0.05) is 24.8 Å². The zero-order valence-electron chi connectivity index (χ0n) is 16.8. The quantitative estimate of drug-likeness (QED) is 0.356. The molecule has 7 nitrogen and oxygen atoms in total. The number of carbonyl (C=O) groups excluding carboxylic acids is 1. The Labute approximate surface area is 172 Å². The monoisotopic (exact) mass is 397 g/mol. The van der Waals surface area contributed by atoms with Crippen LogP contribution in [-0.4, -0.2) is 49.9 Å². The van der Waals surface area contributed by atoms with Crippen LogP contribution in [0.2, 0.25) is 0 Å². The molecule has 29 heavy (non-hydrogen) atoms. The summed E-state index contributed by atoms with van der Waals surface area (Å²) in [5.74, 6) is -0.111. The first kappa shape index (κ1) is 22.5. The molecule has 2 rings (SSSR count). The van der Waals surface area contributed by atoms with E-state index in [4.69, 9.17) is 21.6 Å². The highest BCUT2D eigenvalue weighted by Gasteiger charge is 2.12. The fraction of sp³-hybridized carbons (Fsp3) is 0.364. The molecule has 0 radical (unpaired) electrons. The largest absolute Gasteiger partial charge is 0.404 e. The van der Waals surface area contributed by atoms with Gasteiger partial charge in [-0.25, -0.2) is 0 Å². The molecule has 0 saturated carbocycles. The molecule has 1 saturated heterocycles. The molecular weight excluding hydrogens is 366 g/mol. The number of hydrogen-bond acceptors (Lipinski definition) is 6. The number of carbonyl (C=O) groups is 1. The average molecular weight is 398 g/mol. The van der Waals surface area contributed by atoms with Gasteiger partial charge in [0.25, 0.3) is 0 Å². The molecule has 1 aromatic carbocycles. The highest BCUT2D eigenvalue weighted by molar-refractivity contribution is 5.91. The molecule has 0 aromatic heterocycles. The summed E-state index contributed by atoms with van der Waals surface area (Å²) < 4.78 is 5.37. The first-order chi connectivity index (χ1) is 14.1. The zero-order valence-corrected chi connectivity index (χ0v) is 16.8. The van der Waals surface area contributed by atoms with Crippen molar-refractivity contribution in [1.82, 2.24) is 4.90 Å². The van der Waals surface area contributed by atoms with E-state index in [0.29, 0.717) is 23.1 Å². The van der Waals surface area contributed by atoms with Crippen LogP contribution in [-0.2, 0) is 16.1 Å². The maximum Gasteiger partial charge on any atom is 0.224 e. The number of morpholine rings is 1. The van der Waals surface area contributed by atoms with Crippen molar-refractivity contribution in [2.45, 2.75) is 19.4 Å². The van der Waals surface area contributed by atoms with Crippen LogP contribution in [0.3, 0.4) is 0 Å². The summed E-state index contributed by atoms with van der Waals surface area (Å²) in [6.07, 6.45) is 4.92. The summed E-state index contributed by atoms with van der Waals surface area (Å²) in [5, 5.41) is 10.6. The van der Waals surface area contributed by atoms with Crippen LogP contribution < -0.4 is 16.8 Å². The number of allylic oxidation sites excluding steroid dienone is 2. The number of rotatable bonds is 10. The Kier molecular flexibility index (Phi) is 9.30. The lowest BCUT2D eigenvalue weighted by atomic mass is 9.97. The Morgan fingerprint density at radius 1 is 1.24 bits per heavy atom. The minimum Gasteiger partial charge on any atom is -0.404 e. The summed E-state index contributed by atoms with van der Waals surface area (Å²) in [6.45, 7) is 8.34. The summed E-state index contributed by atoms with van der Waals surface area (Å²) in [4.78, 5) is 14.7. The van der Waals surface area contributed by atoms with Crippen LogP contribution in [0.15, 0.2) is 59.8 Å². The SMILES string of the molecule is C=CC(/C(=C/N)CN)=C(\C=N)CCC(=O)Nc1ccc(CN2CCOCC2)cc1. The van der Waals surface area contributed by atoms with Gasteiger partial charge in [0.1, 0.15) is 0 Å². The van der Waals surface area contributed by atoms with E-state index in [9.17, 15) is 4.79 Å². The lowest BCUT2D eigenvalue weighted by Gasteiger charge is -2.26. The number of nitrogens with two attached hydrogens (primary N) is 2. The third-order valence-electron chi connectivity index (χ3n) is 4.86. The van der Waals surface area contributed by atoms with Gasteiger partial charge in [-0.3, -0.25) is 9.69 Å². The van der Waals surface area contributed by atoms with Gasteiger partial charge in [-0.15, -0.1) is 0 Å². The minimum atomic E-state index is -0.111. The predicted octanol–water partition coefficient (Wildman–Crippen LogP) is 2.17. The molecule has 0 spiro atoms. The lowest BCUT2D eigenvalue weighted by Crippen LogP contribution is -2.35. The molecule has 156 valence electrons. The standard InChI is InChI=1S/C22H31N5O2/c1-2-21(19(14-24)15-25)18(13-23)5-8-22(28)26-20-6-3-17(4-7-20)16-27-9-11-29-12-10-27/h2-4,6-7,13-14,23H,1,5,8-12,15-16,24-25H2,(H,26,28)/b19-14+,21-18+,23-13?. The maximum atomic E-state index is 12.3. The highest BCUT2D eigenvalue weighted by atomic mass is 16.5. The van der Waals surface area contributed by atoms with Gasteiger partial charge < -0.3 is 26.9 Å². The first-order valence-electron chi connectivity index (χ1n) is 9.77. The van der Waals surface area contributed by atoms with Crippen molar-refractivity contribution in [2.75, 3.05) is 38.2 Å². The minimum absolute atomic E-state index is 0.111. The summed E-state index contributed by atoms with van der Waals surface area (Å²) >= 11 is 0. The van der Waals surface area contributed by atoms with E-state index in [2.05, 4.69) is 16.8 Å². The number of hydrogen-bond donors (Lipinski definition) is 4. The van der Waals surface area contributed by atoms with Crippen LogP contribution in [0.1, 0.15) is 18.4 Å². The number of benzene rings is 1. The average Bonchev–Trinajstić information content (AvgIpc) is 2.75. The number of amides is 1. The molecule has 0 atom stereocenters. The molecule has 1 aliphatic heterocycles. The second kappa shape index (κ2) is 12.0. The van der Waals surface area contributed by atoms with Crippen LogP contribution >= 0.6 is 0 Å². The molecule has 1 aliphatic rings. The van der Waals surface area contributed by atoms with Gasteiger partial charge in [0, 0.05) is 44.5 Å². The molecule has 0 aliphatic carbocycles. The number of nitrogens with one attached hydrogen (secondary N) is 2. The number of nitrogens with zero attached hydrogens (tertiary/aromatic N) is 1. The van der Waals surface area contributed by atoms with E-state index in [0.717, 1.165) is 38.5 Å². The lowest BCUT2D eigenvalue weighted by molar-refractivity contribution is -0.116. The third-order valence-corrected chi connectivity index (χ3v) is 4.86. The van der Waals surface area contributed by atoms with E-state index in [1.807, 2.05) is 24.3 Å². The number of anilines is 1. The molecule has 0 unspecified atom stereocenters. The normalized spacial score (nSPS) is 16.1. The molecule has 1 amide bonds. The van der Waals surface area contributed by atoms with Gasteiger partial charge in [0.05, 0.1) is 13.2 Å². The van der Waals surface area contributed by atoms with E-state index >= 15 is 0 Å². The van der Waals surface area contributed by atoms with Crippen molar-refractivity contribution in [1.29, 1.82) is 5.41 Å². The van der Waals surface area contributed by atoms with Crippen molar-refractivity contribution < 1.29 is 9.53 Å². The Balaban J connectivity index is 1.91. The number of ether oxygens (including phenoxy) is 1. The van der Waals surface area contributed by atoms with Crippen molar-refractivity contribution in [2.24, 2.45) is 11.5 Å². The molecule has 7 heteroatoms. The van der Waals surface area contributed by atoms with Gasteiger partial charge >= 0.3 is 0 Å². The second-order valence-corrected chi connectivity index (χ2v) is 6.82. The van der Waals surface area contributed by atoms with Crippen LogP contribution in [0, 0.1) is 5.41 Å². The van der Waals surface area contributed by atoms with Crippen molar-refractivity contribution in [3.05, 3.63) is 65.4 Å². The highest BCUT2D eigenvalue weighted by Crippen LogP contribution is 2.18. The third kappa shape index (κ3) is 6.98. The van der Waals surface area contributed by atoms with Gasteiger partial charge in [0.15, 0.2) is 0 Å². The van der Waals surface area contributed by atoms with Crippen molar-refractivity contribution in [3.8, 4) is 0 Å². The Morgan fingerprint density at radius 3 is 2.48 bits per heavy atom. The van der Waals surface area contributed by atoms with Crippen LogP contribution in [0.4, 0.5) is 5.69 Å². The molecule has 6 N–H and O–H groups in total. The topological polar surface area (TPSA) is 117 Å². The van der Waals surface area contributed by atoms with E-state index < -0.39 is 0 Å². The van der Waals surface area contributed by atoms with Gasteiger partial charge in [0.2, 0.25) is 5.91 Å². The summed E-state index contributed by atoms with van der Waals surface area (Å²) in [5.41, 5.74) is 15.3. The summed E-state index contributed by atoms with van der Waals surface area (Å²) in [7, 11) is 0. The van der Waals surface area contributed by atoms with E-state index in [1.165, 1.54) is 18.0 Å². The first-order valence-corrected chi connectivity index (χ1v) is 9.77. The predicted molar refractivity (Wildman–Crippen MR) is 118 cm³/mol. The Morgan fingerprint density at radius 2 is 1.93 bits per heavy atom. The second-order valence-electron chi connectivity index (χ2n) is 6.82.